The summed E-state index contributed by atoms with van der Waals surface area (Å²) in [4.78, 5) is 0. The van der Waals surface area contributed by atoms with E-state index in [0.717, 1.165) is 25.8 Å². The van der Waals surface area contributed by atoms with Crippen molar-refractivity contribution < 1.29 is 0 Å². The first-order chi connectivity index (χ1) is 7.15. The van der Waals surface area contributed by atoms with Crippen molar-refractivity contribution in [1.29, 1.82) is 0 Å². The topological polar surface area (TPSA) is 52.0 Å². The van der Waals surface area contributed by atoms with Crippen LogP contribution in [0.25, 0.3) is 0 Å². The van der Waals surface area contributed by atoms with Crippen molar-refractivity contribution in [1.82, 2.24) is 0 Å². The Balaban J connectivity index is 2.64. The van der Waals surface area contributed by atoms with Crippen molar-refractivity contribution in [2.24, 2.45) is 11.5 Å². The number of hydrogen-bond acceptors (Lipinski definition) is 2. The van der Waals surface area contributed by atoms with Gasteiger partial charge in [-0.15, -0.1) is 0 Å². The third-order valence-corrected chi connectivity index (χ3v) is 2.80. The van der Waals surface area contributed by atoms with Gasteiger partial charge in [-0.05, 0) is 44.4 Å². The fourth-order valence-corrected chi connectivity index (χ4v) is 1.82. The molecule has 84 valence electrons. The van der Waals surface area contributed by atoms with E-state index >= 15 is 0 Å². The molecule has 1 aromatic rings. The van der Waals surface area contributed by atoms with Crippen LogP contribution in [0.15, 0.2) is 18.2 Å². The van der Waals surface area contributed by atoms with E-state index < -0.39 is 0 Å². The summed E-state index contributed by atoms with van der Waals surface area (Å²) in [5, 5.41) is 0. The molecule has 2 nitrogen and oxygen atoms in total. The van der Waals surface area contributed by atoms with Gasteiger partial charge in [-0.1, -0.05) is 30.2 Å². The number of aryl methyl sites for hydroxylation is 2. The molecule has 0 aliphatic rings. The average Bonchev–Trinajstić information content (AvgIpc) is 2.22. The fraction of sp³-hybridized carbons (Fsp3) is 0.538. The molecule has 1 atom stereocenters. The predicted octanol–water partition coefficient (Wildman–Crippen LogP) is 2.43. The smallest absolute Gasteiger partial charge is 0.0297 e. The van der Waals surface area contributed by atoms with Crippen molar-refractivity contribution in [3.63, 3.8) is 0 Å². The lowest BCUT2D eigenvalue weighted by Crippen LogP contribution is -2.12. The zero-order valence-electron chi connectivity index (χ0n) is 9.79. The first kappa shape index (κ1) is 12.2. The first-order valence-corrected chi connectivity index (χ1v) is 5.68. The van der Waals surface area contributed by atoms with Crippen LogP contribution >= 0.6 is 0 Å². The summed E-state index contributed by atoms with van der Waals surface area (Å²) in [6.45, 7) is 4.99. The van der Waals surface area contributed by atoms with Crippen LogP contribution in [-0.2, 0) is 0 Å². The number of rotatable bonds is 5. The van der Waals surface area contributed by atoms with E-state index in [9.17, 15) is 0 Å². The van der Waals surface area contributed by atoms with Crippen LogP contribution in [0.3, 0.4) is 0 Å². The molecule has 0 amide bonds. The van der Waals surface area contributed by atoms with E-state index in [1.807, 2.05) is 0 Å². The van der Waals surface area contributed by atoms with Crippen LogP contribution in [0.5, 0.6) is 0 Å². The number of unbranched alkanes of at least 4 members (excludes halogenated alkanes) is 1. The van der Waals surface area contributed by atoms with Crippen molar-refractivity contribution in [2.75, 3.05) is 6.54 Å². The third kappa shape index (κ3) is 3.65. The quantitative estimate of drug-likeness (QED) is 0.727. The molecule has 0 radical (unpaired) electrons. The predicted molar refractivity (Wildman–Crippen MR) is 65.7 cm³/mol. The molecule has 0 saturated carbocycles. The average molecular weight is 206 g/mol. The first-order valence-electron chi connectivity index (χ1n) is 5.68. The van der Waals surface area contributed by atoms with Crippen LogP contribution in [0.2, 0.25) is 0 Å². The van der Waals surface area contributed by atoms with Crippen LogP contribution in [0, 0.1) is 13.8 Å². The van der Waals surface area contributed by atoms with Crippen molar-refractivity contribution in [3.8, 4) is 0 Å². The second-order valence-electron chi connectivity index (χ2n) is 4.25. The molecule has 1 aromatic carbocycles. The Hall–Kier alpha value is -0.860. The highest BCUT2D eigenvalue weighted by Gasteiger charge is 2.08. The largest absolute Gasteiger partial charge is 0.330 e. The van der Waals surface area contributed by atoms with Gasteiger partial charge in [-0.3, -0.25) is 0 Å². The van der Waals surface area contributed by atoms with E-state index in [1.165, 1.54) is 16.7 Å². The Morgan fingerprint density at radius 3 is 2.60 bits per heavy atom. The fourth-order valence-electron chi connectivity index (χ4n) is 1.82. The summed E-state index contributed by atoms with van der Waals surface area (Å²) in [6, 6.07) is 6.64. The molecule has 0 heterocycles. The summed E-state index contributed by atoms with van der Waals surface area (Å²) in [5.74, 6) is 0. The lowest BCUT2D eigenvalue weighted by atomic mass is 9.96. The molecular weight excluding hydrogens is 184 g/mol. The number of benzene rings is 1. The Labute approximate surface area is 92.7 Å². The lowest BCUT2D eigenvalue weighted by Gasteiger charge is -2.15. The Morgan fingerprint density at radius 2 is 1.93 bits per heavy atom. The van der Waals surface area contributed by atoms with Crippen molar-refractivity contribution in [3.05, 3.63) is 34.9 Å². The molecule has 0 bridgehead atoms. The molecule has 0 saturated heterocycles. The van der Waals surface area contributed by atoms with Crippen LogP contribution in [-0.4, -0.2) is 6.54 Å². The Bertz CT molecular complexity index is 307. The summed E-state index contributed by atoms with van der Waals surface area (Å²) in [6.07, 6.45) is 3.21. The summed E-state index contributed by atoms with van der Waals surface area (Å²) in [5.41, 5.74) is 15.5. The van der Waals surface area contributed by atoms with Gasteiger partial charge in [0.15, 0.2) is 0 Å². The van der Waals surface area contributed by atoms with Gasteiger partial charge < -0.3 is 11.5 Å². The lowest BCUT2D eigenvalue weighted by molar-refractivity contribution is 0.588. The maximum absolute atomic E-state index is 6.16. The van der Waals surface area contributed by atoms with Gasteiger partial charge in [0.1, 0.15) is 0 Å². The van der Waals surface area contributed by atoms with Crippen LogP contribution in [0.1, 0.15) is 42.0 Å². The summed E-state index contributed by atoms with van der Waals surface area (Å²) < 4.78 is 0. The highest BCUT2D eigenvalue weighted by Crippen LogP contribution is 2.21. The summed E-state index contributed by atoms with van der Waals surface area (Å²) >= 11 is 0. The minimum absolute atomic E-state index is 0.163. The maximum atomic E-state index is 6.16. The molecule has 2 heteroatoms. The van der Waals surface area contributed by atoms with E-state index in [-0.39, 0.29) is 6.04 Å². The second-order valence-corrected chi connectivity index (χ2v) is 4.25. The van der Waals surface area contributed by atoms with E-state index in [1.54, 1.807) is 0 Å². The van der Waals surface area contributed by atoms with Crippen molar-refractivity contribution in [2.45, 2.75) is 39.2 Å². The molecule has 0 unspecified atom stereocenters. The summed E-state index contributed by atoms with van der Waals surface area (Å²) in [7, 11) is 0. The molecule has 0 aliphatic heterocycles. The van der Waals surface area contributed by atoms with E-state index in [0.29, 0.717) is 0 Å². The Kier molecular flexibility index (Phi) is 4.79. The zero-order chi connectivity index (χ0) is 11.3. The highest BCUT2D eigenvalue weighted by molar-refractivity contribution is 5.32. The van der Waals surface area contributed by atoms with Crippen LogP contribution in [0.4, 0.5) is 0 Å². The minimum Gasteiger partial charge on any atom is -0.330 e. The third-order valence-electron chi connectivity index (χ3n) is 2.80. The van der Waals surface area contributed by atoms with Gasteiger partial charge in [-0.2, -0.15) is 0 Å². The highest BCUT2D eigenvalue weighted by atomic mass is 14.6. The molecular formula is C13H22N2. The van der Waals surface area contributed by atoms with E-state index in [2.05, 4.69) is 32.0 Å². The number of hydrogen-bond donors (Lipinski definition) is 2. The van der Waals surface area contributed by atoms with Gasteiger partial charge in [0.05, 0.1) is 0 Å². The molecule has 0 fully saturated rings. The molecule has 0 spiro atoms. The van der Waals surface area contributed by atoms with Crippen LogP contribution < -0.4 is 11.5 Å². The molecule has 0 aromatic heterocycles. The SMILES string of the molecule is Cc1ccc(C)c([C@@H](N)CCCCN)c1. The van der Waals surface area contributed by atoms with Gasteiger partial charge in [0.2, 0.25) is 0 Å². The standard InChI is InChI=1S/C13H22N2/c1-10-6-7-11(2)12(9-10)13(15)5-3-4-8-14/h6-7,9,13H,3-5,8,14-15H2,1-2H3/t13-/m0/s1. The normalized spacial score (nSPS) is 12.8. The molecule has 15 heavy (non-hydrogen) atoms. The van der Waals surface area contributed by atoms with Gasteiger partial charge in [-0.25, -0.2) is 0 Å². The maximum Gasteiger partial charge on any atom is 0.0297 e. The monoisotopic (exact) mass is 206 g/mol. The minimum atomic E-state index is 0.163. The van der Waals surface area contributed by atoms with Gasteiger partial charge in [0.25, 0.3) is 0 Å². The Morgan fingerprint density at radius 1 is 1.20 bits per heavy atom. The van der Waals surface area contributed by atoms with Gasteiger partial charge in [0, 0.05) is 6.04 Å². The number of nitrogens with two attached hydrogens (primary N) is 2. The van der Waals surface area contributed by atoms with E-state index in [4.69, 9.17) is 11.5 Å². The van der Waals surface area contributed by atoms with Gasteiger partial charge >= 0.3 is 0 Å². The molecule has 0 aliphatic carbocycles. The second kappa shape index (κ2) is 5.89. The molecule has 1 rings (SSSR count). The zero-order valence-corrected chi connectivity index (χ0v) is 9.79. The van der Waals surface area contributed by atoms with Crippen molar-refractivity contribution >= 4 is 0 Å². The molecule has 4 N–H and O–H groups in total.